The van der Waals surface area contributed by atoms with Gasteiger partial charge in [-0.25, -0.2) is 4.79 Å². The lowest BCUT2D eigenvalue weighted by Gasteiger charge is -2.34. The van der Waals surface area contributed by atoms with Gasteiger partial charge in [0.2, 0.25) is 5.91 Å². The maximum absolute atomic E-state index is 13.1. The van der Waals surface area contributed by atoms with Gasteiger partial charge >= 0.3 is 12.1 Å². The fraction of sp³-hybridized carbons (Fsp3) is 0.647. The molecular formula is C34H51N5O7. The Morgan fingerprint density at radius 3 is 2.52 bits per heavy atom. The molecule has 1 aliphatic heterocycles. The van der Waals surface area contributed by atoms with Gasteiger partial charge in [-0.3, -0.25) is 19.1 Å². The van der Waals surface area contributed by atoms with Crippen LogP contribution in [-0.4, -0.2) is 86.2 Å². The van der Waals surface area contributed by atoms with Crippen LogP contribution in [0.4, 0.5) is 4.79 Å². The first kappa shape index (κ1) is 35.2. The summed E-state index contributed by atoms with van der Waals surface area (Å²) in [5.41, 5.74) is 1.06. The zero-order chi connectivity index (χ0) is 33.6. The largest absolute Gasteiger partial charge is 0.481 e. The van der Waals surface area contributed by atoms with E-state index in [1.165, 1.54) is 0 Å². The summed E-state index contributed by atoms with van der Waals surface area (Å²) in [6.07, 6.45) is 6.64. The molecule has 2 amide bonds. The van der Waals surface area contributed by atoms with E-state index in [0.717, 1.165) is 36.7 Å². The number of nitrogens with one attached hydrogen (secondary N) is 2. The summed E-state index contributed by atoms with van der Waals surface area (Å²) in [5.74, 6) is -1.09. The quantitative estimate of drug-likeness (QED) is 0.161. The number of hydrogen-bond acceptors (Lipinski definition) is 8. The van der Waals surface area contributed by atoms with Crippen LogP contribution in [0, 0.1) is 11.8 Å². The number of rotatable bonds is 15. The number of likely N-dealkylation sites (N-methyl/N-ethyl adjacent to an activating group) is 1. The number of alkyl carbamates (subject to hydrolysis) is 1. The molecule has 2 fully saturated rings. The van der Waals surface area contributed by atoms with Gasteiger partial charge in [0, 0.05) is 26.1 Å². The molecule has 0 bridgehead atoms. The highest BCUT2D eigenvalue weighted by Gasteiger charge is 2.44. The molecule has 4 N–H and O–H groups in total. The monoisotopic (exact) mass is 641 g/mol. The number of benzene rings is 1. The zero-order valence-electron chi connectivity index (χ0n) is 27.9. The molecule has 6 atom stereocenters. The number of carbonyl (C=O) groups is 3. The first-order valence-electron chi connectivity index (χ1n) is 16.5. The number of nitrogens with zero attached hydrogens (tertiary/aromatic N) is 3. The number of allylic oxidation sites excluding steroid dienone is 2. The normalized spacial score (nSPS) is 23.0. The van der Waals surface area contributed by atoms with Crippen molar-refractivity contribution in [3.63, 3.8) is 0 Å². The average molecular weight is 642 g/mol. The number of aromatic nitrogens is 2. The molecule has 254 valence electrons. The first-order chi connectivity index (χ1) is 21.8. The van der Waals surface area contributed by atoms with Gasteiger partial charge in [0.25, 0.3) is 6.01 Å². The Labute approximate surface area is 271 Å². The van der Waals surface area contributed by atoms with Gasteiger partial charge in [-0.05, 0) is 78.4 Å². The maximum atomic E-state index is 13.1. The molecule has 0 spiro atoms. The standard InChI is InChI=1S/C34H51N5O7/c1-21(2)39-27-17-13-12-15-25(27)36-32(39)45-23-19-28(29(40)35-6)38(20-23)30(41)26(37-33(44)46-34(3,4)5)16-11-9-7-8-10-14-22-18-24(22)31(42)43/h10,12-15,17,21-24,26,28,30,41H,7-9,11,16,18-20H2,1-6H3,(H,35,40)(H,37,44)(H,42,43). The Balaban J connectivity index is 1.43. The van der Waals surface area contributed by atoms with E-state index < -0.39 is 42.1 Å². The van der Waals surface area contributed by atoms with E-state index in [4.69, 9.17) is 19.6 Å². The van der Waals surface area contributed by atoms with E-state index in [1.54, 1.807) is 32.7 Å². The van der Waals surface area contributed by atoms with Crippen LogP contribution in [0.1, 0.15) is 85.6 Å². The molecule has 0 radical (unpaired) electrons. The van der Waals surface area contributed by atoms with E-state index >= 15 is 0 Å². The summed E-state index contributed by atoms with van der Waals surface area (Å²) in [6, 6.07) is 7.01. The number of likely N-dealkylation sites (tertiary alicyclic amines) is 1. The predicted octanol–water partition coefficient (Wildman–Crippen LogP) is 4.62. The summed E-state index contributed by atoms with van der Waals surface area (Å²) in [5, 5.41) is 26.4. The number of aliphatic carboxylic acids is 1. The van der Waals surface area contributed by atoms with Crippen LogP contribution in [0.15, 0.2) is 36.4 Å². The van der Waals surface area contributed by atoms with E-state index in [9.17, 15) is 19.5 Å². The van der Waals surface area contributed by atoms with Crippen molar-refractivity contribution in [2.24, 2.45) is 11.8 Å². The van der Waals surface area contributed by atoms with Crippen molar-refractivity contribution in [3.8, 4) is 6.01 Å². The Morgan fingerprint density at radius 1 is 1.13 bits per heavy atom. The lowest BCUT2D eigenvalue weighted by molar-refractivity contribution is -0.138. The number of carboxylic acid groups (broad SMARTS) is 1. The van der Waals surface area contributed by atoms with Gasteiger partial charge in [-0.1, -0.05) is 37.1 Å². The third-order valence-corrected chi connectivity index (χ3v) is 8.53. The molecule has 1 saturated carbocycles. The number of para-hydroxylation sites is 2. The Kier molecular flexibility index (Phi) is 11.7. The molecule has 1 aromatic carbocycles. The van der Waals surface area contributed by atoms with Crippen molar-refractivity contribution in [2.45, 2.75) is 116 Å². The molecular weight excluding hydrogens is 590 g/mol. The van der Waals surface area contributed by atoms with E-state index in [-0.39, 0.29) is 30.3 Å². The number of unbranched alkanes of at least 4 members (excludes halogenated alkanes) is 3. The van der Waals surface area contributed by atoms with E-state index in [2.05, 4.69) is 24.5 Å². The highest BCUT2D eigenvalue weighted by Crippen LogP contribution is 2.39. The summed E-state index contributed by atoms with van der Waals surface area (Å²) in [7, 11) is 1.56. The molecule has 1 saturated heterocycles. The molecule has 6 unspecified atom stereocenters. The Bertz CT molecular complexity index is 1380. The Morgan fingerprint density at radius 2 is 1.87 bits per heavy atom. The zero-order valence-corrected chi connectivity index (χ0v) is 27.9. The van der Waals surface area contributed by atoms with Crippen molar-refractivity contribution < 1.29 is 34.1 Å². The second-order valence-electron chi connectivity index (χ2n) is 13.7. The predicted molar refractivity (Wildman–Crippen MR) is 174 cm³/mol. The Hall–Kier alpha value is -3.64. The molecule has 2 heterocycles. The van der Waals surface area contributed by atoms with Gasteiger partial charge in [-0.2, -0.15) is 4.98 Å². The van der Waals surface area contributed by atoms with Gasteiger partial charge < -0.3 is 30.3 Å². The minimum absolute atomic E-state index is 0.0912. The van der Waals surface area contributed by atoms with Crippen molar-refractivity contribution in [1.82, 2.24) is 25.1 Å². The van der Waals surface area contributed by atoms with E-state index in [1.807, 2.05) is 41.0 Å². The van der Waals surface area contributed by atoms with Crippen LogP contribution in [0.2, 0.25) is 0 Å². The minimum Gasteiger partial charge on any atom is -0.481 e. The molecule has 46 heavy (non-hydrogen) atoms. The van der Waals surface area contributed by atoms with Gasteiger partial charge in [0.15, 0.2) is 0 Å². The highest BCUT2D eigenvalue weighted by atomic mass is 16.6. The summed E-state index contributed by atoms with van der Waals surface area (Å²) in [6.45, 7) is 9.71. The number of imidazole rings is 1. The third kappa shape index (κ3) is 9.22. The van der Waals surface area contributed by atoms with Crippen LogP contribution < -0.4 is 15.4 Å². The number of aliphatic hydroxyl groups excluding tert-OH is 1. The maximum Gasteiger partial charge on any atom is 0.408 e. The van der Waals surface area contributed by atoms with Crippen LogP contribution in [-0.2, 0) is 14.3 Å². The number of ether oxygens (including phenoxy) is 2. The molecule has 1 aliphatic carbocycles. The molecule has 4 rings (SSSR count). The lowest BCUT2D eigenvalue weighted by atomic mass is 10.0. The summed E-state index contributed by atoms with van der Waals surface area (Å²) in [4.78, 5) is 43.3. The smallest absolute Gasteiger partial charge is 0.408 e. The molecule has 12 heteroatoms. The third-order valence-electron chi connectivity index (χ3n) is 8.53. The molecule has 1 aromatic heterocycles. The van der Waals surface area contributed by atoms with Crippen LogP contribution >= 0.6 is 0 Å². The molecule has 2 aliphatic rings. The topological polar surface area (TPSA) is 155 Å². The summed E-state index contributed by atoms with van der Waals surface area (Å²) < 4.78 is 14.0. The van der Waals surface area contributed by atoms with Crippen LogP contribution in [0.25, 0.3) is 11.0 Å². The second-order valence-corrected chi connectivity index (χ2v) is 13.7. The number of amides is 2. The van der Waals surface area contributed by atoms with Gasteiger partial charge in [0.1, 0.15) is 17.9 Å². The molecule has 12 nitrogen and oxygen atoms in total. The van der Waals surface area contributed by atoms with Gasteiger partial charge in [-0.15, -0.1) is 0 Å². The lowest BCUT2D eigenvalue weighted by Crippen LogP contribution is -2.56. The van der Waals surface area contributed by atoms with Gasteiger partial charge in [0.05, 0.1) is 29.0 Å². The van der Waals surface area contributed by atoms with Crippen molar-refractivity contribution in [3.05, 3.63) is 36.4 Å². The SMILES string of the molecule is CNC(=O)C1CC(Oc2nc3ccccc3n2C(C)C)CN1C(O)C(CCCCCC=CC1CC1C(=O)O)NC(=O)OC(C)(C)C. The highest BCUT2D eigenvalue weighted by molar-refractivity contribution is 5.82. The van der Waals surface area contributed by atoms with Crippen molar-refractivity contribution in [1.29, 1.82) is 0 Å². The average Bonchev–Trinajstić information content (AvgIpc) is 3.49. The summed E-state index contributed by atoms with van der Waals surface area (Å²) >= 11 is 0. The van der Waals surface area contributed by atoms with E-state index in [0.29, 0.717) is 25.3 Å². The van der Waals surface area contributed by atoms with Crippen LogP contribution in [0.3, 0.4) is 0 Å². The number of hydrogen-bond donors (Lipinski definition) is 4. The van der Waals surface area contributed by atoms with Crippen molar-refractivity contribution in [2.75, 3.05) is 13.6 Å². The molecule has 2 aromatic rings. The van der Waals surface area contributed by atoms with Crippen LogP contribution in [0.5, 0.6) is 6.01 Å². The minimum atomic E-state index is -1.17. The fourth-order valence-electron chi connectivity index (χ4n) is 6.15. The number of carbonyl (C=O) groups excluding carboxylic acids is 2. The van der Waals surface area contributed by atoms with Crippen molar-refractivity contribution >= 4 is 29.0 Å². The second kappa shape index (κ2) is 15.3. The number of aliphatic hydroxyl groups is 1. The first-order valence-corrected chi connectivity index (χ1v) is 16.5. The fourth-order valence-corrected chi connectivity index (χ4v) is 6.15. The number of fused-ring (bicyclic) bond motifs is 1. The number of carboxylic acids is 1.